The molecule has 212 valence electrons. The SMILES string of the molecule is CCNC(=O)[C@@H](Cc1ccccc1)N(Cc1cccc(C)c1)C(=O)CN(c1ccc2c(c1)OCCO2)S(C)(=O)=O. The van der Waals surface area contributed by atoms with Crippen LogP contribution in [-0.4, -0.2) is 63.7 Å². The first-order valence-corrected chi connectivity index (χ1v) is 15.0. The Morgan fingerprint density at radius 1 is 0.925 bits per heavy atom. The lowest BCUT2D eigenvalue weighted by atomic mass is 10.0. The fourth-order valence-corrected chi connectivity index (χ4v) is 5.50. The monoisotopic (exact) mass is 565 g/mol. The Hall–Kier alpha value is -4.05. The molecule has 0 aromatic heterocycles. The number of ether oxygens (including phenoxy) is 2. The number of fused-ring (bicyclic) bond motifs is 1. The van der Waals surface area contributed by atoms with Crippen LogP contribution in [0.4, 0.5) is 5.69 Å². The van der Waals surface area contributed by atoms with Gasteiger partial charge in [-0.05, 0) is 37.1 Å². The van der Waals surface area contributed by atoms with E-state index < -0.39 is 28.5 Å². The highest BCUT2D eigenvalue weighted by Gasteiger charge is 2.33. The third-order valence-corrected chi connectivity index (χ3v) is 7.69. The number of aryl methyl sites for hydroxylation is 1. The van der Waals surface area contributed by atoms with E-state index in [4.69, 9.17) is 9.47 Å². The van der Waals surface area contributed by atoms with Crippen LogP contribution in [0.1, 0.15) is 23.6 Å². The van der Waals surface area contributed by atoms with E-state index in [9.17, 15) is 18.0 Å². The lowest BCUT2D eigenvalue weighted by molar-refractivity contribution is -0.140. The zero-order valence-electron chi connectivity index (χ0n) is 23.0. The fraction of sp³-hybridized carbons (Fsp3) is 0.333. The Labute approximate surface area is 235 Å². The summed E-state index contributed by atoms with van der Waals surface area (Å²) in [6.45, 7) is 4.54. The van der Waals surface area contributed by atoms with Gasteiger partial charge in [0, 0.05) is 25.6 Å². The summed E-state index contributed by atoms with van der Waals surface area (Å²) in [6.07, 6.45) is 1.32. The molecule has 40 heavy (non-hydrogen) atoms. The predicted molar refractivity (Wildman–Crippen MR) is 154 cm³/mol. The van der Waals surface area contributed by atoms with Crippen molar-refractivity contribution in [3.8, 4) is 11.5 Å². The van der Waals surface area contributed by atoms with Crippen molar-refractivity contribution in [3.05, 3.63) is 89.5 Å². The number of hydrogen-bond donors (Lipinski definition) is 1. The molecular formula is C30H35N3O6S. The van der Waals surface area contributed by atoms with E-state index >= 15 is 0 Å². The molecule has 10 heteroatoms. The Bertz CT molecular complexity index is 1440. The quantitative estimate of drug-likeness (QED) is 0.383. The van der Waals surface area contributed by atoms with Crippen molar-refractivity contribution in [1.29, 1.82) is 0 Å². The Kier molecular flexibility index (Phi) is 9.31. The summed E-state index contributed by atoms with van der Waals surface area (Å²) < 4.78 is 38.2. The molecule has 0 saturated carbocycles. The van der Waals surface area contributed by atoms with Crippen molar-refractivity contribution in [2.24, 2.45) is 0 Å². The van der Waals surface area contributed by atoms with Crippen LogP contribution in [-0.2, 0) is 32.6 Å². The van der Waals surface area contributed by atoms with Gasteiger partial charge in [0.1, 0.15) is 25.8 Å². The van der Waals surface area contributed by atoms with E-state index in [1.165, 1.54) is 4.90 Å². The first-order valence-electron chi connectivity index (χ1n) is 13.2. The van der Waals surface area contributed by atoms with Gasteiger partial charge in [-0.2, -0.15) is 0 Å². The number of rotatable bonds is 11. The first-order chi connectivity index (χ1) is 19.2. The molecule has 0 fully saturated rings. The highest BCUT2D eigenvalue weighted by molar-refractivity contribution is 7.92. The first kappa shape index (κ1) is 28.9. The average molecular weight is 566 g/mol. The summed E-state index contributed by atoms with van der Waals surface area (Å²) in [5.74, 6) is 0.104. The van der Waals surface area contributed by atoms with E-state index in [1.54, 1.807) is 18.2 Å². The van der Waals surface area contributed by atoms with Gasteiger partial charge < -0.3 is 19.7 Å². The molecule has 0 radical (unpaired) electrons. The molecule has 4 rings (SSSR count). The second-order valence-electron chi connectivity index (χ2n) is 9.71. The minimum absolute atomic E-state index is 0.133. The van der Waals surface area contributed by atoms with Gasteiger partial charge in [-0.15, -0.1) is 0 Å². The number of benzene rings is 3. The summed E-state index contributed by atoms with van der Waals surface area (Å²) in [5.41, 5.74) is 3.00. The molecule has 1 aliphatic rings. The fourth-order valence-electron chi connectivity index (χ4n) is 4.65. The summed E-state index contributed by atoms with van der Waals surface area (Å²) in [7, 11) is -3.88. The Balaban J connectivity index is 1.72. The normalized spacial score (nSPS) is 13.3. The minimum Gasteiger partial charge on any atom is -0.486 e. The number of anilines is 1. The van der Waals surface area contributed by atoms with Gasteiger partial charge in [-0.25, -0.2) is 8.42 Å². The van der Waals surface area contributed by atoms with E-state index in [-0.39, 0.29) is 24.6 Å². The maximum Gasteiger partial charge on any atom is 0.244 e. The number of carbonyl (C=O) groups is 2. The molecule has 2 amide bonds. The van der Waals surface area contributed by atoms with E-state index in [0.29, 0.717) is 31.3 Å². The second-order valence-corrected chi connectivity index (χ2v) is 11.6. The molecule has 0 unspecified atom stereocenters. The van der Waals surface area contributed by atoms with Gasteiger partial charge in [0.25, 0.3) is 0 Å². The van der Waals surface area contributed by atoms with Gasteiger partial charge in [-0.3, -0.25) is 13.9 Å². The molecule has 0 spiro atoms. The molecule has 3 aromatic carbocycles. The molecule has 0 saturated heterocycles. The average Bonchev–Trinajstić information content (AvgIpc) is 2.93. The van der Waals surface area contributed by atoms with Crippen LogP contribution < -0.4 is 19.1 Å². The van der Waals surface area contributed by atoms with Crippen molar-refractivity contribution in [2.75, 3.05) is 36.9 Å². The number of sulfonamides is 1. The summed E-state index contributed by atoms with van der Waals surface area (Å²) in [6, 6.07) is 21.0. The third-order valence-electron chi connectivity index (χ3n) is 6.55. The highest BCUT2D eigenvalue weighted by Crippen LogP contribution is 2.34. The number of amides is 2. The van der Waals surface area contributed by atoms with E-state index in [0.717, 1.165) is 27.3 Å². The minimum atomic E-state index is -3.88. The molecule has 0 bridgehead atoms. The lowest BCUT2D eigenvalue weighted by Crippen LogP contribution is -2.53. The zero-order valence-corrected chi connectivity index (χ0v) is 23.8. The molecule has 1 heterocycles. The van der Waals surface area contributed by atoms with Gasteiger partial charge in [0.05, 0.1) is 11.9 Å². The van der Waals surface area contributed by atoms with Crippen molar-refractivity contribution < 1.29 is 27.5 Å². The standard InChI is InChI=1S/C30H35N3O6S/c1-4-31-30(35)26(18-23-10-6-5-7-11-23)32(20-24-12-8-9-22(2)17-24)29(34)21-33(40(3,36)37)25-13-14-27-28(19-25)39-16-15-38-27/h5-14,17,19,26H,4,15-16,18,20-21H2,1-3H3,(H,31,35)/t26-/m1/s1. The number of likely N-dealkylation sites (N-methyl/N-ethyl adjacent to an activating group) is 1. The molecule has 3 aromatic rings. The van der Waals surface area contributed by atoms with Gasteiger partial charge in [-0.1, -0.05) is 60.2 Å². The van der Waals surface area contributed by atoms with Crippen LogP contribution >= 0.6 is 0 Å². The number of nitrogens with zero attached hydrogens (tertiary/aromatic N) is 2. The molecule has 1 atom stereocenters. The maximum atomic E-state index is 14.1. The highest BCUT2D eigenvalue weighted by atomic mass is 32.2. The predicted octanol–water partition coefficient (Wildman–Crippen LogP) is 3.31. The summed E-state index contributed by atoms with van der Waals surface area (Å²) >= 11 is 0. The third kappa shape index (κ3) is 7.32. The van der Waals surface area contributed by atoms with Crippen LogP contribution in [0.25, 0.3) is 0 Å². The topological polar surface area (TPSA) is 105 Å². The number of hydrogen-bond acceptors (Lipinski definition) is 6. The van der Waals surface area contributed by atoms with Gasteiger partial charge in [0.15, 0.2) is 11.5 Å². The number of nitrogens with one attached hydrogen (secondary N) is 1. The van der Waals surface area contributed by atoms with Crippen molar-refractivity contribution in [3.63, 3.8) is 0 Å². The van der Waals surface area contributed by atoms with Crippen molar-refractivity contribution >= 4 is 27.5 Å². The van der Waals surface area contributed by atoms with Gasteiger partial charge >= 0.3 is 0 Å². The van der Waals surface area contributed by atoms with Crippen LogP contribution in [0.2, 0.25) is 0 Å². The Morgan fingerprint density at radius 2 is 1.62 bits per heavy atom. The largest absolute Gasteiger partial charge is 0.486 e. The lowest BCUT2D eigenvalue weighted by Gasteiger charge is -2.33. The second kappa shape index (κ2) is 12.9. The van der Waals surface area contributed by atoms with Crippen LogP contribution in [0.5, 0.6) is 11.5 Å². The zero-order chi connectivity index (χ0) is 28.7. The van der Waals surface area contributed by atoms with Crippen LogP contribution in [0.15, 0.2) is 72.8 Å². The summed E-state index contributed by atoms with van der Waals surface area (Å²) in [4.78, 5) is 28.9. The summed E-state index contributed by atoms with van der Waals surface area (Å²) in [5, 5.41) is 2.85. The molecule has 1 aliphatic heterocycles. The van der Waals surface area contributed by atoms with Crippen LogP contribution in [0, 0.1) is 6.92 Å². The molecule has 1 N–H and O–H groups in total. The molecule has 0 aliphatic carbocycles. The smallest absolute Gasteiger partial charge is 0.244 e. The number of carbonyl (C=O) groups excluding carboxylic acids is 2. The van der Waals surface area contributed by atoms with Crippen molar-refractivity contribution in [1.82, 2.24) is 10.2 Å². The van der Waals surface area contributed by atoms with Gasteiger partial charge in [0.2, 0.25) is 21.8 Å². The van der Waals surface area contributed by atoms with Crippen molar-refractivity contribution in [2.45, 2.75) is 32.9 Å². The molecular weight excluding hydrogens is 530 g/mol. The van der Waals surface area contributed by atoms with Crippen LogP contribution in [0.3, 0.4) is 0 Å². The van der Waals surface area contributed by atoms with E-state index in [1.807, 2.05) is 68.4 Å². The molecule has 9 nitrogen and oxygen atoms in total. The maximum absolute atomic E-state index is 14.1. The van der Waals surface area contributed by atoms with E-state index in [2.05, 4.69) is 5.32 Å². The Morgan fingerprint density at radius 3 is 2.30 bits per heavy atom.